The van der Waals surface area contributed by atoms with E-state index in [9.17, 15) is 4.79 Å². The highest BCUT2D eigenvalue weighted by Crippen LogP contribution is 2.33. The molecule has 0 aliphatic rings. The van der Waals surface area contributed by atoms with Gasteiger partial charge in [0, 0.05) is 12.3 Å². The number of nitrogens with one attached hydrogen (secondary N) is 1. The third-order valence-electron chi connectivity index (χ3n) is 2.16. The van der Waals surface area contributed by atoms with Gasteiger partial charge in [0.25, 0.3) is 0 Å². The summed E-state index contributed by atoms with van der Waals surface area (Å²) < 4.78 is 5.17. The minimum absolute atomic E-state index is 0.433. The predicted octanol–water partition coefficient (Wildman–Crippen LogP) is 3.30. The van der Waals surface area contributed by atoms with E-state index in [1.54, 1.807) is 24.9 Å². The molecule has 0 spiro atoms. The van der Waals surface area contributed by atoms with Gasteiger partial charge in [-0.3, -0.25) is 0 Å². The third-order valence-corrected chi connectivity index (χ3v) is 3.49. The van der Waals surface area contributed by atoms with Crippen LogP contribution in [0.15, 0.2) is 29.2 Å². The van der Waals surface area contributed by atoms with E-state index in [1.807, 2.05) is 18.2 Å². The summed E-state index contributed by atoms with van der Waals surface area (Å²) >= 11 is 1.72. The standard InChI is InChI=1S/C12H17NO2S/c1-4-9(2)16-11-8-6-5-7-10(11)15-12(14)13-3/h5-9H,4H2,1-3H3,(H,13,14)/t9-/m1/s1. The number of amides is 1. The van der Waals surface area contributed by atoms with Gasteiger partial charge in [-0.05, 0) is 18.6 Å². The summed E-state index contributed by atoms with van der Waals surface area (Å²) in [7, 11) is 1.55. The lowest BCUT2D eigenvalue weighted by Gasteiger charge is -2.12. The van der Waals surface area contributed by atoms with Crippen LogP contribution in [0.3, 0.4) is 0 Å². The average Bonchev–Trinajstić information content (AvgIpc) is 2.31. The molecule has 1 atom stereocenters. The first kappa shape index (κ1) is 12.9. The van der Waals surface area contributed by atoms with E-state index in [2.05, 4.69) is 19.2 Å². The summed E-state index contributed by atoms with van der Waals surface area (Å²) in [4.78, 5) is 12.1. The molecule has 1 amide bonds. The van der Waals surface area contributed by atoms with Crippen LogP contribution in [-0.4, -0.2) is 18.4 Å². The topological polar surface area (TPSA) is 38.3 Å². The van der Waals surface area contributed by atoms with Gasteiger partial charge >= 0.3 is 6.09 Å². The number of carbonyl (C=O) groups is 1. The number of thioether (sulfide) groups is 1. The summed E-state index contributed by atoms with van der Waals surface area (Å²) in [5, 5.41) is 2.95. The van der Waals surface area contributed by atoms with E-state index in [0.717, 1.165) is 11.3 Å². The maximum absolute atomic E-state index is 11.1. The molecule has 0 radical (unpaired) electrons. The van der Waals surface area contributed by atoms with E-state index in [4.69, 9.17) is 4.74 Å². The van der Waals surface area contributed by atoms with Crippen LogP contribution in [0.25, 0.3) is 0 Å². The van der Waals surface area contributed by atoms with Gasteiger partial charge in [-0.2, -0.15) is 0 Å². The second-order valence-electron chi connectivity index (χ2n) is 3.42. The summed E-state index contributed by atoms with van der Waals surface area (Å²) in [5.74, 6) is 0.618. The molecule has 0 aromatic heterocycles. The van der Waals surface area contributed by atoms with E-state index < -0.39 is 6.09 Å². The molecule has 16 heavy (non-hydrogen) atoms. The molecule has 1 aromatic rings. The number of para-hydroxylation sites is 1. The Morgan fingerprint density at radius 2 is 2.19 bits per heavy atom. The van der Waals surface area contributed by atoms with Crippen molar-refractivity contribution in [2.24, 2.45) is 0 Å². The maximum Gasteiger partial charge on any atom is 0.412 e. The summed E-state index contributed by atoms with van der Waals surface area (Å²) in [6.45, 7) is 4.29. The number of rotatable bonds is 4. The van der Waals surface area contributed by atoms with Gasteiger partial charge in [-0.25, -0.2) is 4.79 Å². The van der Waals surface area contributed by atoms with Gasteiger partial charge in [0.05, 0.1) is 4.90 Å². The average molecular weight is 239 g/mol. The van der Waals surface area contributed by atoms with Crippen molar-refractivity contribution >= 4 is 17.9 Å². The van der Waals surface area contributed by atoms with Crippen LogP contribution in [0.1, 0.15) is 20.3 Å². The van der Waals surface area contributed by atoms with E-state index >= 15 is 0 Å². The van der Waals surface area contributed by atoms with Gasteiger partial charge in [0.15, 0.2) is 0 Å². The molecule has 1 N–H and O–H groups in total. The fourth-order valence-corrected chi connectivity index (χ4v) is 2.07. The van der Waals surface area contributed by atoms with Crippen LogP contribution >= 0.6 is 11.8 Å². The Morgan fingerprint density at radius 1 is 1.50 bits per heavy atom. The van der Waals surface area contributed by atoms with Crippen LogP contribution < -0.4 is 10.1 Å². The smallest absolute Gasteiger partial charge is 0.409 e. The fourth-order valence-electron chi connectivity index (χ4n) is 1.08. The second kappa shape index (κ2) is 6.43. The Bertz CT molecular complexity index is 355. The SMILES string of the molecule is CC[C@@H](C)Sc1ccccc1OC(=O)NC. The lowest BCUT2D eigenvalue weighted by molar-refractivity contribution is 0.202. The Kier molecular flexibility index (Phi) is 5.19. The van der Waals surface area contributed by atoms with Crippen LogP contribution in [0.4, 0.5) is 4.79 Å². The number of benzene rings is 1. The Hall–Kier alpha value is -1.16. The molecule has 1 rings (SSSR count). The molecule has 0 bridgehead atoms. The lowest BCUT2D eigenvalue weighted by atomic mass is 10.3. The van der Waals surface area contributed by atoms with Crippen molar-refractivity contribution in [2.75, 3.05) is 7.05 Å². The Morgan fingerprint density at radius 3 is 2.81 bits per heavy atom. The van der Waals surface area contributed by atoms with Gasteiger partial charge in [0.1, 0.15) is 5.75 Å². The van der Waals surface area contributed by atoms with Crippen molar-refractivity contribution in [1.29, 1.82) is 0 Å². The summed E-state index contributed by atoms with van der Waals surface area (Å²) in [5.41, 5.74) is 0. The van der Waals surface area contributed by atoms with E-state index in [-0.39, 0.29) is 0 Å². The molecule has 0 heterocycles. The third kappa shape index (κ3) is 3.77. The highest BCUT2D eigenvalue weighted by Gasteiger charge is 2.10. The number of hydrogen-bond donors (Lipinski definition) is 1. The molecule has 1 aromatic carbocycles. The van der Waals surface area contributed by atoms with Crippen LogP contribution in [0.2, 0.25) is 0 Å². The fraction of sp³-hybridized carbons (Fsp3) is 0.417. The van der Waals surface area contributed by atoms with Crippen molar-refractivity contribution in [2.45, 2.75) is 30.4 Å². The zero-order valence-corrected chi connectivity index (χ0v) is 10.6. The molecule has 0 unspecified atom stereocenters. The van der Waals surface area contributed by atoms with Crippen molar-refractivity contribution < 1.29 is 9.53 Å². The van der Waals surface area contributed by atoms with E-state index in [1.165, 1.54) is 0 Å². The molecular weight excluding hydrogens is 222 g/mol. The minimum Gasteiger partial charge on any atom is -0.409 e. The number of hydrogen-bond acceptors (Lipinski definition) is 3. The Balaban J connectivity index is 2.79. The highest BCUT2D eigenvalue weighted by molar-refractivity contribution is 8.00. The van der Waals surface area contributed by atoms with Crippen molar-refractivity contribution in [3.05, 3.63) is 24.3 Å². The zero-order valence-electron chi connectivity index (χ0n) is 9.82. The summed E-state index contributed by atoms with van der Waals surface area (Å²) in [6.07, 6.45) is 0.649. The molecule has 0 aliphatic heterocycles. The largest absolute Gasteiger partial charge is 0.412 e. The van der Waals surface area contributed by atoms with Crippen LogP contribution in [0, 0.1) is 0 Å². The lowest BCUT2D eigenvalue weighted by Crippen LogP contribution is -2.22. The van der Waals surface area contributed by atoms with Crippen molar-refractivity contribution in [3.8, 4) is 5.75 Å². The molecule has 0 fully saturated rings. The van der Waals surface area contributed by atoms with Crippen LogP contribution in [0.5, 0.6) is 5.75 Å². The van der Waals surface area contributed by atoms with Gasteiger partial charge in [-0.15, -0.1) is 11.8 Å². The van der Waals surface area contributed by atoms with Gasteiger partial charge < -0.3 is 10.1 Å². The zero-order chi connectivity index (χ0) is 12.0. The normalized spacial score (nSPS) is 11.9. The molecular formula is C12H17NO2S. The van der Waals surface area contributed by atoms with Crippen molar-refractivity contribution in [3.63, 3.8) is 0 Å². The quantitative estimate of drug-likeness (QED) is 0.819. The summed E-state index contributed by atoms with van der Waals surface area (Å²) in [6, 6.07) is 7.58. The predicted molar refractivity (Wildman–Crippen MR) is 67.1 cm³/mol. The molecule has 0 saturated carbocycles. The highest BCUT2D eigenvalue weighted by atomic mass is 32.2. The van der Waals surface area contributed by atoms with E-state index in [0.29, 0.717) is 11.0 Å². The molecule has 0 aliphatic carbocycles. The monoisotopic (exact) mass is 239 g/mol. The first-order chi connectivity index (χ1) is 7.67. The minimum atomic E-state index is -0.433. The molecule has 0 saturated heterocycles. The molecule has 88 valence electrons. The Labute approximate surface area is 101 Å². The molecule has 4 heteroatoms. The first-order valence-corrected chi connectivity index (χ1v) is 6.20. The van der Waals surface area contributed by atoms with Gasteiger partial charge in [0.2, 0.25) is 0 Å². The number of carbonyl (C=O) groups excluding carboxylic acids is 1. The second-order valence-corrected chi connectivity index (χ2v) is 4.90. The van der Waals surface area contributed by atoms with Crippen molar-refractivity contribution in [1.82, 2.24) is 5.32 Å². The van der Waals surface area contributed by atoms with Gasteiger partial charge in [-0.1, -0.05) is 26.0 Å². The number of ether oxygens (including phenoxy) is 1. The van der Waals surface area contributed by atoms with Crippen LogP contribution in [-0.2, 0) is 0 Å². The molecule has 3 nitrogen and oxygen atoms in total. The maximum atomic E-state index is 11.1. The first-order valence-electron chi connectivity index (χ1n) is 5.32.